The van der Waals surface area contributed by atoms with Gasteiger partial charge >= 0.3 is 0 Å². The summed E-state index contributed by atoms with van der Waals surface area (Å²) in [6.45, 7) is 2.60. The molecule has 3 rings (SSSR count). The molecule has 1 aromatic carbocycles. The molecule has 0 radical (unpaired) electrons. The summed E-state index contributed by atoms with van der Waals surface area (Å²) < 4.78 is 10.7. The van der Waals surface area contributed by atoms with Crippen LogP contribution in [0, 0.1) is 0 Å². The minimum absolute atomic E-state index is 0.673. The lowest BCUT2D eigenvalue weighted by Crippen LogP contribution is -2.29. The second-order valence-electron chi connectivity index (χ2n) is 5.14. The molecular formula is C15H19N5O2. The number of nitrogens with one attached hydrogen (secondary N) is 1. The molecule has 2 heterocycles. The Morgan fingerprint density at radius 1 is 1.27 bits per heavy atom. The van der Waals surface area contributed by atoms with Crippen molar-refractivity contribution < 1.29 is 9.47 Å². The van der Waals surface area contributed by atoms with E-state index in [-0.39, 0.29) is 0 Å². The summed E-state index contributed by atoms with van der Waals surface area (Å²) in [6.07, 6.45) is 3.15. The third-order valence-corrected chi connectivity index (χ3v) is 3.75. The van der Waals surface area contributed by atoms with Crippen LogP contribution in [0.5, 0.6) is 11.5 Å². The van der Waals surface area contributed by atoms with E-state index in [2.05, 4.69) is 31.6 Å². The Morgan fingerprint density at radius 3 is 2.91 bits per heavy atom. The predicted molar refractivity (Wildman–Crippen MR) is 81.6 cm³/mol. The van der Waals surface area contributed by atoms with Gasteiger partial charge in [-0.1, -0.05) is 12.1 Å². The van der Waals surface area contributed by atoms with Crippen molar-refractivity contribution in [1.82, 2.24) is 25.5 Å². The van der Waals surface area contributed by atoms with Crippen LogP contribution in [0.3, 0.4) is 0 Å². The molecule has 22 heavy (non-hydrogen) atoms. The molecule has 0 saturated carbocycles. The molecule has 2 aromatic rings. The third-order valence-electron chi connectivity index (χ3n) is 3.75. The number of nitrogens with zero attached hydrogens (tertiary/aromatic N) is 4. The zero-order valence-corrected chi connectivity index (χ0v) is 12.7. The first-order valence-electron chi connectivity index (χ1n) is 7.16. The van der Waals surface area contributed by atoms with Crippen LogP contribution in [0.15, 0.2) is 24.3 Å². The first-order valence-corrected chi connectivity index (χ1v) is 7.16. The average molecular weight is 301 g/mol. The topological polar surface area (TPSA) is 76.2 Å². The molecular weight excluding hydrogens is 282 g/mol. The van der Waals surface area contributed by atoms with Crippen molar-refractivity contribution >= 4 is 5.57 Å². The van der Waals surface area contributed by atoms with Crippen molar-refractivity contribution in [3.8, 4) is 11.5 Å². The lowest BCUT2D eigenvalue weighted by molar-refractivity contribution is 0.289. The van der Waals surface area contributed by atoms with Gasteiger partial charge in [-0.05, 0) is 17.7 Å². The Labute approximate surface area is 128 Å². The lowest BCUT2D eigenvalue weighted by atomic mass is 10.1. The van der Waals surface area contributed by atoms with Gasteiger partial charge in [-0.15, -0.1) is 10.2 Å². The largest absolute Gasteiger partial charge is 0.497 e. The first kappa shape index (κ1) is 14.5. The second-order valence-corrected chi connectivity index (χ2v) is 5.14. The van der Waals surface area contributed by atoms with Crippen LogP contribution >= 0.6 is 0 Å². The maximum atomic E-state index is 5.47. The van der Waals surface area contributed by atoms with E-state index in [1.165, 1.54) is 0 Å². The predicted octanol–water partition coefficient (Wildman–Crippen LogP) is 1.51. The first-order chi connectivity index (χ1) is 10.8. The van der Waals surface area contributed by atoms with Crippen molar-refractivity contribution in [2.24, 2.45) is 0 Å². The lowest BCUT2D eigenvalue weighted by Gasteiger charge is -2.26. The molecule has 116 valence electrons. The molecule has 0 aliphatic carbocycles. The minimum Gasteiger partial charge on any atom is -0.497 e. The Morgan fingerprint density at radius 2 is 2.18 bits per heavy atom. The number of methoxy groups -OCH3 is 2. The van der Waals surface area contributed by atoms with E-state index >= 15 is 0 Å². The molecule has 1 aliphatic rings. The van der Waals surface area contributed by atoms with Gasteiger partial charge in [-0.3, -0.25) is 4.90 Å². The van der Waals surface area contributed by atoms with E-state index in [0.717, 1.165) is 48.7 Å². The van der Waals surface area contributed by atoms with Crippen molar-refractivity contribution in [1.29, 1.82) is 0 Å². The summed E-state index contributed by atoms with van der Waals surface area (Å²) in [5.41, 5.74) is 2.24. The highest BCUT2D eigenvalue weighted by Crippen LogP contribution is 2.27. The third kappa shape index (κ3) is 3.09. The normalized spacial score (nSPS) is 15.5. The van der Waals surface area contributed by atoms with E-state index in [0.29, 0.717) is 5.82 Å². The van der Waals surface area contributed by atoms with Gasteiger partial charge in [-0.2, -0.15) is 5.21 Å². The van der Waals surface area contributed by atoms with Crippen LogP contribution in [0.2, 0.25) is 0 Å². The van der Waals surface area contributed by atoms with Gasteiger partial charge in [0.2, 0.25) is 5.82 Å². The average Bonchev–Trinajstić information content (AvgIpc) is 3.10. The molecule has 0 saturated heterocycles. The van der Waals surface area contributed by atoms with Gasteiger partial charge in [-0.25, -0.2) is 0 Å². The highest BCUT2D eigenvalue weighted by atomic mass is 16.5. The zero-order valence-electron chi connectivity index (χ0n) is 12.7. The summed E-state index contributed by atoms with van der Waals surface area (Å²) in [5, 5.41) is 14.2. The van der Waals surface area contributed by atoms with Crippen molar-refractivity contribution in [3.63, 3.8) is 0 Å². The van der Waals surface area contributed by atoms with Crippen LogP contribution in [0.1, 0.15) is 17.8 Å². The maximum absolute atomic E-state index is 5.47. The highest BCUT2D eigenvalue weighted by Gasteiger charge is 2.18. The molecule has 1 aliphatic heterocycles. The van der Waals surface area contributed by atoms with E-state index in [9.17, 15) is 0 Å². The fourth-order valence-electron chi connectivity index (χ4n) is 2.62. The highest BCUT2D eigenvalue weighted by molar-refractivity contribution is 5.61. The van der Waals surface area contributed by atoms with E-state index in [1.54, 1.807) is 14.2 Å². The molecule has 0 fully saturated rings. The van der Waals surface area contributed by atoms with Crippen LogP contribution in [-0.4, -0.2) is 52.8 Å². The van der Waals surface area contributed by atoms with Gasteiger partial charge in [0.15, 0.2) is 0 Å². The number of H-pyrrole nitrogens is 1. The molecule has 0 spiro atoms. The summed E-state index contributed by atoms with van der Waals surface area (Å²) in [6, 6.07) is 5.91. The number of rotatable bonds is 5. The molecule has 7 heteroatoms. The van der Waals surface area contributed by atoms with Crippen molar-refractivity contribution in [2.75, 3.05) is 27.3 Å². The van der Waals surface area contributed by atoms with Gasteiger partial charge in [0.25, 0.3) is 0 Å². The molecule has 1 aromatic heterocycles. The molecule has 0 atom stereocenters. The van der Waals surface area contributed by atoms with Gasteiger partial charge in [0.05, 0.1) is 14.2 Å². The second kappa shape index (κ2) is 6.57. The van der Waals surface area contributed by atoms with Crippen LogP contribution < -0.4 is 9.47 Å². The summed E-state index contributed by atoms with van der Waals surface area (Å²) in [5.74, 6) is 2.31. The standard InChI is InChI=1S/C15H19N5O2/c1-21-13-6-5-11(14(8-13)22-2)9-20-7-3-4-12(10-20)15-16-18-19-17-15/h4-6,8H,3,7,9-10H2,1-2H3,(H,16,17,18,19). The van der Waals surface area contributed by atoms with Crippen LogP contribution in [0.25, 0.3) is 5.57 Å². The van der Waals surface area contributed by atoms with E-state index in [1.807, 2.05) is 18.2 Å². The fourth-order valence-corrected chi connectivity index (χ4v) is 2.62. The monoisotopic (exact) mass is 301 g/mol. The van der Waals surface area contributed by atoms with E-state index in [4.69, 9.17) is 9.47 Å². The number of aromatic amines is 1. The van der Waals surface area contributed by atoms with Crippen molar-refractivity contribution in [2.45, 2.75) is 13.0 Å². The molecule has 7 nitrogen and oxygen atoms in total. The minimum atomic E-state index is 0.673. The summed E-state index contributed by atoms with van der Waals surface area (Å²) in [7, 11) is 3.33. The smallest absolute Gasteiger partial charge is 0.201 e. The Kier molecular flexibility index (Phi) is 4.34. The summed E-state index contributed by atoms with van der Waals surface area (Å²) in [4.78, 5) is 2.34. The number of hydrogen-bond donors (Lipinski definition) is 1. The van der Waals surface area contributed by atoms with Gasteiger partial charge in [0.1, 0.15) is 11.5 Å². The number of ether oxygens (including phenoxy) is 2. The molecule has 0 bridgehead atoms. The molecule has 0 amide bonds. The van der Waals surface area contributed by atoms with Crippen LogP contribution in [0.4, 0.5) is 0 Å². The Balaban J connectivity index is 1.73. The Bertz CT molecular complexity index is 654. The van der Waals surface area contributed by atoms with E-state index < -0.39 is 0 Å². The Hall–Kier alpha value is -2.41. The van der Waals surface area contributed by atoms with Gasteiger partial charge in [0, 0.05) is 36.8 Å². The fraction of sp³-hybridized carbons (Fsp3) is 0.400. The number of benzene rings is 1. The number of aromatic nitrogens is 4. The maximum Gasteiger partial charge on any atom is 0.201 e. The molecule has 0 unspecified atom stereocenters. The number of hydrogen-bond acceptors (Lipinski definition) is 6. The number of tetrazole rings is 1. The summed E-state index contributed by atoms with van der Waals surface area (Å²) >= 11 is 0. The van der Waals surface area contributed by atoms with Gasteiger partial charge < -0.3 is 9.47 Å². The SMILES string of the molecule is COc1ccc(CN2CCC=C(c3nn[nH]n3)C2)c(OC)c1. The molecule has 1 N–H and O–H groups in total. The van der Waals surface area contributed by atoms with Crippen LogP contribution in [-0.2, 0) is 6.54 Å². The zero-order chi connectivity index (χ0) is 15.4. The quantitative estimate of drug-likeness (QED) is 0.902. The van der Waals surface area contributed by atoms with Crippen molar-refractivity contribution in [3.05, 3.63) is 35.7 Å².